The van der Waals surface area contributed by atoms with Gasteiger partial charge in [-0.25, -0.2) is 0 Å². The first kappa shape index (κ1) is 17.3. The van der Waals surface area contributed by atoms with Crippen LogP contribution >= 0.6 is 11.6 Å². The van der Waals surface area contributed by atoms with E-state index in [0.29, 0.717) is 23.7 Å². The summed E-state index contributed by atoms with van der Waals surface area (Å²) in [6, 6.07) is 15.7. The molecule has 1 fully saturated rings. The van der Waals surface area contributed by atoms with Crippen molar-refractivity contribution in [2.45, 2.75) is 12.5 Å². The van der Waals surface area contributed by atoms with Crippen molar-refractivity contribution in [2.75, 3.05) is 19.7 Å². The molecule has 6 heteroatoms. The van der Waals surface area contributed by atoms with Gasteiger partial charge >= 0.3 is 0 Å². The van der Waals surface area contributed by atoms with Crippen molar-refractivity contribution in [3.05, 3.63) is 65.2 Å². The van der Waals surface area contributed by atoms with E-state index in [9.17, 15) is 9.59 Å². The summed E-state index contributed by atoms with van der Waals surface area (Å²) in [4.78, 5) is 26.6. The number of benzene rings is 2. The maximum absolute atomic E-state index is 12.6. The number of halogens is 1. The monoisotopic (exact) mass is 358 g/mol. The lowest BCUT2D eigenvalue weighted by Gasteiger charge is -2.35. The number of ether oxygens (including phenoxy) is 1. The Bertz CT molecular complexity index is 751. The number of para-hydroxylation sites is 1. The summed E-state index contributed by atoms with van der Waals surface area (Å²) in [6.07, 6.45) is 0.208. The Balaban J connectivity index is 1.67. The smallest absolute Gasteiger partial charge is 0.247 e. The van der Waals surface area contributed by atoms with Crippen LogP contribution in [0, 0.1) is 0 Å². The van der Waals surface area contributed by atoms with Gasteiger partial charge in [0.2, 0.25) is 11.8 Å². The largest absolute Gasteiger partial charge is 0.493 e. The van der Waals surface area contributed by atoms with Crippen molar-refractivity contribution in [1.82, 2.24) is 10.2 Å². The summed E-state index contributed by atoms with van der Waals surface area (Å²) < 4.78 is 5.59. The van der Waals surface area contributed by atoms with Gasteiger partial charge in [0.15, 0.2) is 0 Å². The van der Waals surface area contributed by atoms with E-state index in [1.165, 1.54) is 0 Å². The molecule has 3 rings (SSSR count). The Hall–Kier alpha value is -2.53. The average molecular weight is 359 g/mol. The SMILES string of the molecule is O=C1NCCN(C(=O)CCOc2ccccc2)C1c1cccc(Cl)c1. The van der Waals surface area contributed by atoms with E-state index in [1.54, 1.807) is 23.1 Å². The maximum Gasteiger partial charge on any atom is 0.247 e. The predicted octanol–water partition coefficient (Wildman–Crippen LogP) is 2.81. The molecule has 1 unspecified atom stereocenters. The molecule has 0 spiro atoms. The molecule has 0 aromatic heterocycles. The lowest BCUT2D eigenvalue weighted by atomic mass is 10.0. The molecule has 1 heterocycles. The Kier molecular flexibility index (Phi) is 5.56. The first-order valence-corrected chi connectivity index (χ1v) is 8.53. The fourth-order valence-corrected chi connectivity index (χ4v) is 3.06. The van der Waals surface area contributed by atoms with E-state index < -0.39 is 6.04 Å². The predicted molar refractivity (Wildman–Crippen MR) is 95.5 cm³/mol. The average Bonchev–Trinajstić information content (AvgIpc) is 2.62. The van der Waals surface area contributed by atoms with E-state index in [4.69, 9.17) is 16.3 Å². The molecule has 0 bridgehead atoms. The van der Waals surface area contributed by atoms with Crippen molar-refractivity contribution in [2.24, 2.45) is 0 Å². The van der Waals surface area contributed by atoms with Gasteiger partial charge < -0.3 is 15.0 Å². The standard InChI is InChI=1S/C19H19ClN2O3/c20-15-6-4-5-14(13-15)18-19(24)21-10-11-22(18)17(23)9-12-25-16-7-2-1-3-8-16/h1-8,13,18H,9-12H2,(H,21,24). The van der Waals surface area contributed by atoms with Crippen LogP contribution in [0.4, 0.5) is 0 Å². The van der Waals surface area contributed by atoms with Crippen molar-refractivity contribution in [1.29, 1.82) is 0 Å². The van der Waals surface area contributed by atoms with Crippen molar-refractivity contribution in [3.63, 3.8) is 0 Å². The van der Waals surface area contributed by atoms with Crippen molar-refractivity contribution >= 4 is 23.4 Å². The van der Waals surface area contributed by atoms with Gasteiger partial charge in [-0.2, -0.15) is 0 Å². The molecule has 1 N–H and O–H groups in total. The lowest BCUT2D eigenvalue weighted by Crippen LogP contribution is -2.52. The van der Waals surface area contributed by atoms with Gasteiger partial charge in [-0.05, 0) is 29.8 Å². The zero-order valence-corrected chi connectivity index (χ0v) is 14.4. The summed E-state index contributed by atoms with van der Waals surface area (Å²) in [5.41, 5.74) is 0.710. The lowest BCUT2D eigenvalue weighted by molar-refractivity contribution is -0.143. The van der Waals surface area contributed by atoms with Crippen LogP contribution in [0.5, 0.6) is 5.75 Å². The molecule has 0 aliphatic carbocycles. The van der Waals surface area contributed by atoms with Gasteiger partial charge in [0.05, 0.1) is 13.0 Å². The minimum atomic E-state index is -0.656. The third-order valence-corrected chi connectivity index (χ3v) is 4.26. The minimum Gasteiger partial charge on any atom is -0.493 e. The first-order chi connectivity index (χ1) is 12.1. The molecule has 130 valence electrons. The Morgan fingerprint density at radius 3 is 2.76 bits per heavy atom. The topological polar surface area (TPSA) is 58.6 Å². The van der Waals surface area contributed by atoms with E-state index in [-0.39, 0.29) is 24.8 Å². The van der Waals surface area contributed by atoms with Crippen LogP contribution in [0.25, 0.3) is 0 Å². The summed E-state index contributed by atoms with van der Waals surface area (Å²) >= 11 is 6.04. The summed E-state index contributed by atoms with van der Waals surface area (Å²) in [7, 11) is 0. The summed E-state index contributed by atoms with van der Waals surface area (Å²) in [5, 5.41) is 3.35. The van der Waals surface area contributed by atoms with Crippen LogP contribution in [-0.4, -0.2) is 36.4 Å². The highest BCUT2D eigenvalue weighted by Gasteiger charge is 2.34. The molecule has 1 aliphatic rings. The highest BCUT2D eigenvalue weighted by molar-refractivity contribution is 6.30. The molecule has 1 saturated heterocycles. The molecule has 2 aromatic rings. The molecular formula is C19H19ClN2O3. The molecule has 0 saturated carbocycles. The molecule has 2 aromatic carbocycles. The second kappa shape index (κ2) is 8.03. The molecule has 5 nitrogen and oxygen atoms in total. The fourth-order valence-electron chi connectivity index (χ4n) is 2.86. The number of nitrogens with zero attached hydrogens (tertiary/aromatic N) is 1. The number of amides is 2. The molecular weight excluding hydrogens is 340 g/mol. The van der Waals surface area contributed by atoms with Crippen LogP contribution in [0.2, 0.25) is 5.02 Å². The zero-order chi connectivity index (χ0) is 17.6. The third kappa shape index (κ3) is 4.31. The number of carbonyl (C=O) groups excluding carboxylic acids is 2. The minimum absolute atomic E-state index is 0.115. The highest BCUT2D eigenvalue weighted by Crippen LogP contribution is 2.26. The second-order valence-electron chi connectivity index (χ2n) is 5.75. The molecule has 1 aliphatic heterocycles. The molecule has 1 atom stereocenters. The number of nitrogens with one attached hydrogen (secondary N) is 1. The third-order valence-electron chi connectivity index (χ3n) is 4.02. The quantitative estimate of drug-likeness (QED) is 0.894. The van der Waals surface area contributed by atoms with Gasteiger partial charge in [-0.15, -0.1) is 0 Å². The van der Waals surface area contributed by atoms with Crippen LogP contribution < -0.4 is 10.1 Å². The summed E-state index contributed by atoms with van der Waals surface area (Å²) in [6.45, 7) is 1.18. The van der Waals surface area contributed by atoms with E-state index in [0.717, 1.165) is 5.75 Å². The molecule has 25 heavy (non-hydrogen) atoms. The van der Waals surface area contributed by atoms with Crippen LogP contribution in [0.15, 0.2) is 54.6 Å². The number of carbonyl (C=O) groups is 2. The number of hydrogen-bond acceptors (Lipinski definition) is 3. The van der Waals surface area contributed by atoms with Crippen molar-refractivity contribution in [3.8, 4) is 5.75 Å². The number of rotatable bonds is 5. The van der Waals surface area contributed by atoms with Crippen LogP contribution in [-0.2, 0) is 9.59 Å². The number of hydrogen-bond donors (Lipinski definition) is 1. The second-order valence-corrected chi connectivity index (χ2v) is 6.18. The van der Waals surface area contributed by atoms with Crippen LogP contribution in [0.3, 0.4) is 0 Å². The first-order valence-electron chi connectivity index (χ1n) is 8.15. The van der Waals surface area contributed by atoms with Gasteiger partial charge in [0.1, 0.15) is 11.8 Å². The Morgan fingerprint density at radius 2 is 2.00 bits per heavy atom. The van der Waals surface area contributed by atoms with Gasteiger partial charge in [0.25, 0.3) is 0 Å². The van der Waals surface area contributed by atoms with E-state index in [1.807, 2.05) is 36.4 Å². The van der Waals surface area contributed by atoms with E-state index >= 15 is 0 Å². The van der Waals surface area contributed by atoms with Crippen LogP contribution in [0.1, 0.15) is 18.0 Å². The molecule has 2 amide bonds. The Morgan fingerprint density at radius 1 is 1.20 bits per heavy atom. The van der Waals surface area contributed by atoms with Gasteiger partial charge in [0, 0.05) is 18.1 Å². The zero-order valence-electron chi connectivity index (χ0n) is 13.7. The number of piperazine rings is 1. The molecule has 0 radical (unpaired) electrons. The van der Waals surface area contributed by atoms with Gasteiger partial charge in [-0.1, -0.05) is 41.9 Å². The summed E-state index contributed by atoms with van der Waals surface area (Å²) in [5.74, 6) is 0.416. The van der Waals surface area contributed by atoms with E-state index in [2.05, 4.69) is 5.32 Å². The normalized spacial score (nSPS) is 17.1. The highest BCUT2D eigenvalue weighted by atomic mass is 35.5. The Labute approximate surface area is 151 Å². The fraction of sp³-hybridized carbons (Fsp3) is 0.263. The van der Waals surface area contributed by atoms with Crippen molar-refractivity contribution < 1.29 is 14.3 Å². The van der Waals surface area contributed by atoms with Gasteiger partial charge in [-0.3, -0.25) is 9.59 Å². The maximum atomic E-state index is 12.6.